The van der Waals surface area contributed by atoms with E-state index in [1.807, 2.05) is 35.4 Å². The van der Waals surface area contributed by atoms with Crippen LogP contribution in [0.4, 0.5) is 10.5 Å². The second-order valence-corrected chi connectivity index (χ2v) is 7.55. The van der Waals surface area contributed by atoms with Crippen molar-refractivity contribution in [2.45, 2.75) is 43.0 Å². The summed E-state index contributed by atoms with van der Waals surface area (Å²) in [7, 11) is 0. The first kappa shape index (κ1) is 16.4. The highest BCUT2D eigenvalue weighted by Gasteiger charge is 2.30. The van der Waals surface area contributed by atoms with Crippen LogP contribution in [0.3, 0.4) is 0 Å². The van der Waals surface area contributed by atoms with Gasteiger partial charge in [-0.05, 0) is 49.8 Å². The molecule has 3 heterocycles. The number of carbonyl (C=O) groups excluding carboxylic acids is 1. The molecule has 0 saturated carbocycles. The Morgan fingerprint density at radius 2 is 2.04 bits per heavy atom. The fourth-order valence-electron chi connectivity index (χ4n) is 3.72. The first-order chi connectivity index (χ1) is 12.2. The van der Waals surface area contributed by atoms with Crippen LogP contribution in [0.2, 0.25) is 0 Å². The molecule has 2 amide bonds. The van der Waals surface area contributed by atoms with E-state index in [0.717, 1.165) is 56.1 Å². The van der Waals surface area contributed by atoms with Gasteiger partial charge in [0, 0.05) is 42.6 Å². The van der Waals surface area contributed by atoms with Crippen molar-refractivity contribution in [2.75, 3.05) is 24.7 Å². The SMILES string of the molecule is CSc1ccc(NC(=O)N2CCC[C@H](c3nnc4n3CCC4)C2)cc1. The highest BCUT2D eigenvalue weighted by atomic mass is 32.2. The number of anilines is 1. The topological polar surface area (TPSA) is 63.1 Å². The van der Waals surface area contributed by atoms with Crippen LogP contribution in [-0.4, -0.2) is 45.0 Å². The summed E-state index contributed by atoms with van der Waals surface area (Å²) in [5, 5.41) is 11.7. The predicted octanol–water partition coefficient (Wildman–Crippen LogP) is 3.36. The van der Waals surface area contributed by atoms with E-state index in [4.69, 9.17) is 0 Å². The van der Waals surface area contributed by atoms with Gasteiger partial charge in [-0.2, -0.15) is 0 Å². The lowest BCUT2D eigenvalue weighted by Crippen LogP contribution is -2.42. The summed E-state index contributed by atoms with van der Waals surface area (Å²) in [5.74, 6) is 2.46. The van der Waals surface area contributed by atoms with E-state index in [0.29, 0.717) is 6.54 Å². The lowest BCUT2D eigenvalue weighted by Gasteiger charge is -2.32. The maximum Gasteiger partial charge on any atom is 0.321 e. The van der Waals surface area contributed by atoms with Gasteiger partial charge in [-0.1, -0.05) is 0 Å². The zero-order valence-electron chi connectivity index (χ0n) is 14.4. The number of urea groups is 1. The van der Waals surface area contributed by atoms with Gasteiger partial charge in [0.1, 0.15) is 11.6 Å². The van der Waals surface area contributed by atoms with E-state index in [1.165, 1.54) is 4.90 Å². The van der Waals surface area contributed by atoms with Gasteiger partial charge in [0.25, 0.3) is 0 Å². The summed E-state index contributed by atoms with van der Waals surface area (Å²) in [5.41, 5.74) is 0.841. The quantitative estimate of drug-likeness (QED) is 0.856. The molecule has 0 spiro atoms. The number of nitrogens with zero attached hydrogens (tertiary/aromatic N) is 4. The molecular formula is C18H23N5OS. The Hall–Kier alpha value is -2.02. The Kier molecular flexibility index (Phi) is 4.65. The number of fused-ring (bicyclic) bond motifs is 1. The van der Waals surface area contributed by atoms with Crippen molar-refractivity contribution >= 4 is 23.5 Å². The molecule has 1 N–H and O–H groups in total. The Bertz CT molecular complexity index is 757. The van der Waals surface area contributed by atoms with E-state index in [1.54, 1.807) is 11.8 Å². The first-order valence-electron chi connectivity index (χ1n) is 8.86. The van der Waals surface area contributed by atoms with Gasteiger partial charge in [0.05, 0.1) is 0 Å². The summed E-state index contributed by atoms with van der Waals surface area (Å²) in [6.45, 7) is 2.53. The van der Waals surface area contributed by atoms with E-state index in [2.05, 4.69) is 20.1 Å². The largest absolute Gasteiger partial charge is 0.324 e. The fraction of sp³-hybridized carbons (Fsp3) is 0.500. The Morgan fingerprint density at radius 3 is 2.84 bits per heavy atom. The second kappa shape index (κ2) is 7.07. The standard InChI is InChI=1S/C18H23N5OS/c1-25-15-8-6-14(7-9-15)19-18(24)22-10-2-4-13(12-22)17-21-20-16-5-3-11-23(16)17/h6-9,13H,2-5,10-12H2,1H3,(H,19,24)/t13-/m0/s1. The third-order valence-corrected chi connectivity index (χ3v) is 5.80. The first-order valence-corrected chi connectivity index (χ1v) is 10.1. The average molecular weight is 357 g/mol. The predicted molar refractivity (Wildman–Crippen MR) is 99.1 cm³/mol. The summed E-state index contributed by atoms with van der Waals surface area (Å²) in [4.78, 5) is 15.7. The molecule has 132 valence electrons. The molecule has 25 heavy (non-hydrogen) atoms. The molecule has 1 aromatic heterocycles. The number of rotatable bonds is 3. The monoisotopic (exact) mass is 357 g/mol. The Morgan fingerprint density at radius 1 is 1.20 bits per heavy atom. The summed E-state index contributed by atoms with van der Waals surface area (Å²) in [6.07, 6.45) is 6.30. The van der Waals surface area contributed by atoms with Gasteiger partial charge in [0.2, 0.25) is 0 Å². The number of thioether (sulfide) groups is 1. The molecule has 6 nitrogen and oxygen atoms in total. The number of likely N-dealkylation sites (tertiary alicyclic amines) is 1. The highest BCUT2D eigenvalue weighted by Crippen LogP contribution is 2.29. The van der Waals surface area contributed by atoms with E-state index in [-0.39, 0.29) is 11.9 Å². The van der Waals surface area contributed by atoms with Crippen LogP contribution in [0.15, 0.2) is 29.2 Å². The van der Waals surface area contributed by atoms with Crippen molar-refractivity contribution < 1.29 is 4.79 Å². The number of hydrogen-bond acceptors (Lipinski definition) is 4. The zero-order valence-corrected chi connectivity index (χ0v) is 15.3. The van der Waals surface area contributed by atoms with Crippen molar-refractivity contribution in [1.29, 1.82) is 0 Å². The number of hydrogen-bond donors (Lipinski definition) is 1. The average Bonchev–Trinajstić information content (AvgIpc) is 3.26. The van der Waals surface area contributed by atoms with Crippen LogP contribution >= 0.6 is 11.8 Å². The van der Waals surface area contributed by atoms with E-state index >= 15 is 0 Å². The van der Waals surface area contributed by atoms with E-state index < -0.39 is 0 Å². The van der Waals surface area contributed by atoms with Crippen molar-refractivity contribution in [1.82, 2.24) is 19.7 Å². The van der Waals surface area contributed by atoms with Crippen molar-refractivity contribution in [2.24, 2.45) is 0 Å². The van der Waals surface area contributed by atoms with Crippen LogP contribution in [-0.2, 0) is 13.0 Å². The van der Waals surface area contributed by atoms with Crippen LogP contribution in [0.1, 0.15) is 36.8 Å². The highest BCUT2D eigenvalue weighted by molar-refractivity contribution is 7.98. The Balaban J connectivity index is 1.42. The molecule has 2 aromatic rings. The summed E-state index contributed by atoms with van der Waals surface area (Å²) in [6, 6.07) is 7.94. The molecule has 2 aliphatic heterocycles. The minimum Gasteiger partial charge on any atom is -0.324 e. The normalized spacial score (nSPS) is 19.7. The number of aryl methyl sites for hydroxylation is 1. The molecule has 0 unspecified atom stereocenters. The van der Waals surface area contributed by atoms with Gasteiger partial charge in [-0.25, -0.2) is 4.79 Å². The molecule has 0 aliphatic carbocycles. The van der Waals surface area contributed by atoms with Gasteiger partial charge < -0.3 is 14.8 Å². The van der Waals surface area contributed by atoms with Crippen LogP contribution in [0.25, 0.3) is 0 Å². The molecule has 0 bridgehead atoms. The molecule has 1 saturated heterocycles. The third kappa shape index (κ3) is 3.38. The lowest BCUT2D eigenvalue weighted by atomic mass is 9.97. The molecule has 1 atom stereocenters. The number of piperidine rings is 1. The van der Waals surface area contributed by atoms with E-state index in [9.17, 15) is 4.79 Å². The van der Waals surface area contributed by atoms with Crippen molar-refractivity contribution in [3.63, 3.8) is 0 Å². The van der Waals surface area contributed by atoms with Crippen LogP contribution < -0.4 is 5.32 Å². The number of benzene rings is 1. The van der Waals surface area contributed by atoms with Gasteiger partial charge in [0.15, 0.2) is 0 Å². The third-order valence-electron chi connectivity index (χ3n) is 5.05. The molecule has 7 heteroatoms. The lowest BCUT2D eigenvalue weighted by molar-refractivity contribution is 0.190. The maximum absolute atomic E-state index is 12.6. The minimum atomic E-state index is -0.0252. The number of nitrogens with one attached hydrogen (secondary N) is 1. The molecule has 4 rings (SSSR count). The van der Waals surface area contributed by atoms with Crippen LogP contribution in [0.5, 0.6) is 0 Å². The number of aromatic nitrogens is 3. The van der Waals surface area contributed by atoms with Crippen LogP contribution in [0, 0.1) is 0 Å². The summed E-state index contributed by atoms with van der Waals surface area (Å²) < 4.78 is 2.26. The molecule has 0 radical (unpaired) electrons. The molecular weight excluding hydrogens is 334 g/mol. The van der Waals surface area contributed by atoms with Crippen molar-refractivity contribution in [3.8, 4) is 0 Å². The Labute approximate surface area is 152 Å². The van der Waals surface area contributed by atoms with Gasteiger partial charge >= 0.3 is 6.03 Å². The second-order valence-electron chi connectivity index (χ2n) is 6.67. The zero-order chi connectivity index (χ0) is 17.2. The van der Waals surface area contributed by atoms with Gasteiger partial charge in [-0.15, -0.1) is 22.0 Å². The van der Waals surface area contributed by atoms with Crippen molar-refractivity contribution in [3.05, 3.63) is 35.9 Å². The smallest absolute Gasteiger partial charge is 0.321 e. The molecule has 1 fully saturated rings. The van der Waals surface area contributed by atoms with Gasteiger partial charge in [-0.3, -0.25) is 0 Å². The summed E-state index contributed by atoms with van der Waals surface area (Å²) >= 11 is 1.69. The number of amides is 2. The maximum atomic E-state index is 12.6. The molecule has 2 aliphatic rings. The number of carbonyl (C=O) groups is 1. The fourth-order valence-corrected chi connectivity index (χ4v) is 4.13. The molecule has 1 aromatic carbocycles. The minimum absolute atomic E-state index is 0.0252.